The lowest BCUT2D eigenvalue weighted by atomic mass is 10.1. The second kappa shape index (κ2) is 8.41. The van der Waals surface area contributed by atoms with E-state index in [-0.39, 0.29) is 17.4 Å². The average molecular weight is 420 g/mol. The van der Waals surface area contributed by atoms with Crippen LogP contribution in [-0.4, -0.2) is 72.0 Å². The van der Waals surface area contributed by atoms with Crippen molar-refractivity contribution in [2.75, 3.05) is 44.7 Å². The Morgan fingerprint density at radius 3 is 2.30 bits per heavy atom. The number of piperazine rings is 1. The molecule has 0 unspecified atom stereocenters. The highest BCUT2D eigenvalue weighted by atomic mass is 19.1. The minimum Gasteiger partial charge on any atom is -0.378 e. The number of benzene rings is 1. The molecule has 0 radical (unpaired) electrons. The van der Waals surface area contributed by atoms with Crippen LogP contribution in [0.2, 0.25) is 0 Å². The Labute approximate surface area is 170 Å². The number of anilines is 1. The van der Waals surface area contributed by atoms with Gasteiger partial charge in [0.25, 0.3) is 11.8 Å². The Morgan fingerprint density at radius 1 is 1.03 bits per heavy atom. The molecule has 0 aliphatic carbocycles. The van der Waals surface area contributed by atoms with Gasteiger partial charge in [0.05, 0.1) is 19.3 Å². The number of rotatable bonds is 4. The number of hydrogen-bond donors (Lipinski definition) is 1. The third-order valence-corrected chi connectivity index (χ3v) is 5.18. The van der Waals surface area contributed by atoms with Gasteiger partial charge in [0, 0.05) is 38.3 Å². The number of carbonyl (C=O) groups is 2. The largest absolute Gasteiger partial charge is 0.378 e. The van der Waals surface area contributed by atoms with Crippen molar-refractivity contribution in [3.05, 3.63) is 59.0 Å². The Kier molecular flexibility index (Phi) is 5.69. The van der Waals surface area contributed by atoms with Gasteiger partial charge in [0.15, 0.2) is 0 Å². The van der Waals surface area contributed by atoms with Crippen molar-refractivity contribution < 1.29 is 27.5 Å². The molecule has 0 atom stereocenters. The first kappa shape index (κ1) is 20.3. The van der Waals surface area contributed by atoms with Crippen LogP contribution in [0.1, 0.15) is 20.8 Å². The van der Waals surface area contributed by atoms with Crippen molar-refractivity contribution in [3.63, 3.8) is 0 Å². The first-order valence-corrected chi connectivity index (χ1v) is 9.46. The van der Waals surface area contributed by atoms with E-state index < -0.39 is 28.9 Å². The summed E-state index contributed by atoms with van der Waals surface area (Å²) in [4.78, 5) is 33.0. The molecule has 2 aliphatic rings. The maximum Gasteiger partial charge on any atom is 0.272 e. The maximum atomic E-state index is 13.8. The van der Waals surface area contributed by atoms with Crippen LogP contribution in [0.5, 0.6) is 0 Å². The van der Waals surface area contributed by atoms with Crippen molar-refractivity contribution in [1.82, 2.24) is 14.8 Å². The number of ether oxygens (including phenoxy) is 1. The predicted octanol–water partition coefficient (Wildman–Crippen LogP) is 1.91. The molecule has 0 spiro atoms. The lowest BCUT2D eigenvalue weighted by Crippen LogP contribution is -2.57. The standard InChI is InChI=1S/C20H19F3N4O3/c21-12-8-14(22)18(15(23)9-12)19(28)25-17-3-1-2-16(24-17)20(29)27-6-4-26(5-7-27)13-10-30-11-13/h1-3,8-9,13H,4-7,10-11H2,(H,24,25,28). The molecule has 2 fully saturated rings. The maximum absolute atomic E-state index is 13.8. The number of halogens is 3. The molecular formula is C20H19F3N4O3. The van der Waals surface area contributed by atoms with Gasteiger partial charge in [0.1, 0.15) is 34.5 Å². The third-order valence-electron chi connectivity index (χ3n) is 5.18. The van der Waals surface area contributed by atoms with Crippen molar-refractivity contribution in [1.29, 1.82) is 0 Å². The lowest BCUT2D eigenvalue weighted by molar-refractivity contribution is -0.0746. The number of nitrogens with zero attached hydrogens (tertiary/aromatic N) is 3. The van der Waals surface area contributed by atoms with Gasteiger partial charge in [-0.25, -0.2) is 18.2 Å². The highest BCUT2D eigenvalue weighted by molar-refractivity contribution is 6.04. The van der Waals surface area contributed by atoms with Crippen molar-refractivity contribution in [2.24, 2.45) is 0 Å². The zero-order valence-corrected chi connectivity index (χ0v) is 15.9. The summed E-state index contributed by atoms with van der Waals surface area (Å²) in [6.07, 6.45) is 0. The van der Waals surface area contributed by atoms with Gasteiger partial charge in [-0.1, -0.05) is 6.07 Å². The van der Waals surface area contributed by atoms with Crippen LogP contribution in [-0.2, 0) is 4.74 Å². The topological polar surface area (TPSA) is 74.8 Å². The fourth-order valence-corrected chi connectivity index (χ4v) is 3.45. The van der Waals surface area contributed by atoms with E-state index >= 15 is 0 Å². The van der Waals surface area contributed by atoms with E-state index in [0.29, 0.717) is 44.5 Å². The molecule has 1 aromatic heterocycles. The summed E-state index contributed by atoms with van der Waals surface area (Å²) < 4.78 is 45.8. The molecule has 2 saturated heterocycles. The van der Waals surface area contributed by atoms with Gasteiger partial charge in [-0.05, 0) is 12.1 Å². The van der Waals surface area contributed by atoms with Gasteiger partial charge >= 0.3 is 0 Å². The van der Waals surface area contributed by atoms with Crippen LogP contribution >= 0.6 is 0 Å². The van der Waals surface area contributed by atoms with Crippen LogP contribution < -0.4 is 5.32 Å². The molecule has 158 valence electrons. The van der Waals surface area contributed by atoms with Crippen molar-refractivity contribution in [3.8, 4) is 0 Å². The Hall–Kier alpha value is -2.98. The Balaban J connectivity index is 1.42. The highest BCUT2D eigenvalue weighted by Gasteiger charge is 2.31. The number of nitrogens with one attached hydrogen (secondary N) is 1. The molecule has 1 aromatic carbocycles. The summed E-state index contributed by atoms with van der Waals surface area (Å²) in [5.74, 6) is -5.25. The average Bonchev–Trinajstić information content (AvgIpc) is 2.66. The predicted molar refractivity (Wildman–Crippen MR) is 101 cm³/mol. The molecule has 2 aromatic rings. The second-order valence-electron chi connectivity index (χ2n) is 7.13. The van der Waals surface area contributed by atoms with E-state index in [1.165, 1.54) is 18.2 Å². The fraction of sp³-hybridized carbons (Fsp3) is 0.350. The van der Waals surface area contributed by atoms with E-state index in [1.54, 1.807) is 4.90 Å². The molecule has 4 rings (SSSR count). The molecule has 3 heterocycles. The van der Waals surface area contributed by atoms with E-state index in [1.807, 2.05) is 0 Å². The third kappa shape index (κ3) is 4.14. The van der Waals surface area contributed by atoms with Crippen LogP contribution in [0.25, 0.3) is 0 Å². The number of aromatic nitrogens is 1. The number of hydrogen-bond acceptors (Lipinski definition) is 5. The molecule has 0 saturated carbocycles. The number of carbonyl (C=O) groups excluding carboxylic acids is 2. The van der Waals surface area contributed by atoms with Crippen molar-refractivity contribution >= 4 is 17.6 Å². The van der Waals surface area contributed by atoms with E-state index in [0.717, 1.165) is 13.1 Å². The first-order valence-electron chi connectivity index (χ1n) is 9.46. The SMILES string of the molecule is O=C(Nc1cccc(C(=O)N2CCN(C3COC3)CC2)n1)c1c(F)cc(F)cc1F. The minimum atomic E-state index is -1.33. The number of pyridine rings is 1. The fourth-order valence-electron chi connectivity index (χ4n) is 3.45. The van der Waals surface area contributed by atoms with Gasteiger partial charge < -0.3 is 15.0 Å². The number of amides is 2. The van der Waals surface area contributed by atoms with Gasteiger partial charge in [0.2, 0.25) is 0 Å². The summed E-state index contributed by atoms with van der Waals surface area (Å²) in [7, 11) is 0. The zero-order valence-electron chi connectivity index (χ0n) is 15.9. The van der Waals surface area contributed by atoms with Crippen LogP contribution in [0.15, 0.2) is 30.3 Å². The van der Waals surface area contributed by atoms with Crippen LogP contribution in [0.3, 0.4) is 0 Å². The van der Waals surface area contributed by atoms with E-state index in [9.17, 15) is 22.8 Å². The molecule has 2 amide bonds. The Bertz CT molecular complexity index is 953. The summed E-state index contributed by atoms with van der Waals surface area (Å²) >= 11 is 0. The molecule has 2 aliphatic heterocycles. The Morgan fingerprint density at radius 2 is 1.70 bits per heavy atom. The normalized spacial score (nSPS) is 17.5. The first-order chi connectivity index (χ1) is 14.4. The summed E-state index contributed by atoms with van der Waals surface area (Å²) in [6.45, 7) is 3.98. The van der Waals surface area contributed by atoms with Crippen LogP contribution in [0, 0.1) is 17.5 Å². The van der Waals surface area contributed by atoms with Gasteiger partial charge in [-0.3, -0.25) is 14.5 Å². The zero-order chi connectivity index (χ0) is 21.3. The molecule has 7 nitrogen and oxygen atoms in total. The molecular weight excluding hydrogens is 401 g/mol. The summed E-state index contributed by atoms with van der Waals surface area (Å²) in [6, 6.07) is 5.65. The lowest BCUT2D eigenvalue weighted by Gasteiger charge is -2.42. The summed E-state index contributed by atoms with van der Waals surface area (Å²) in [5, 5.41) is 2.25. The van der Waals surface area contributed by atoms with E-state index in [4.69, 9.17) is 4.74 Å². The van der Waals surface area contributed by atoms with Crippen LogP contribution in [0.4, 0.5) is 19.0 Å². The molecule has 0 bridgehead atoms. The molecule has 10 heteroatoms. The second-order valence-corrected chi connectivity index (χ2v) is 7.13. The van der Waals surface area contributed by atoms with Crippen molar-refractivity contribution in [2.45, 2.75) is 6.04 Å². The smallest absolute Gasteiger partial charge is 0.272 e. The summed E-state index contributed by atoms with van der Waals surface area (Å²) in [5.41, 5.74) is -0.820. The monoisotopic (exact) mass is 420 g/mol. The van der Waals surface area contributed by atoms with E-state index in [2.05, 4.69) is 15.2 Å². The highest BCUT2D eigenvalue weighted by Crippen LogP contribution is 2.18. The quantitative estimate of drug-likeness (QED) is 0.818. The van der Waals surface area contributed by atoms with Gasteiger partial charge in [-0.2, -0.15) is 0 Å². The molecule has 1 N–H and O–H groups in total. The van der Waals surface area contributed by atoms with Gasteiger partial charge in [-0.15, -0.1) is 0 Å². The minimum absolute atomic E-state index is 0.0424. The molecule has 30 heavy (non-hydrogen) atoms.